The summed E-state index contributed by atoms with van der Waals surface area (Å²) in [4.78, 5) is 0. The van der Waals surface area contributed by atoms with Crippen molar-refractivity contribution in [3.8, 4) is 0 Å². The Morgan fingerprint density at radius 2 is 2.67 bits per heavy atom. The van der Waals surface area contributed by atoms with Gasteiger partial charge in [0.1, 0.15) is 0 Å². The third kappa shape index (κ3) is 3.92. The van der Waals surface area contributed by atoms with Crippen molar-refractivity contribution < 1.29 is 0 Å². The molecule has 0 rings (SSSR count). The van der Waals surface area contributed by atoms with E-state index in [-0.39, 0.29) is 0 Å². The molecule has 0 amide bonds. The van der Waals surface area contributed by atoms with Gasteiger partial charge in [-0.2, -0.15) is 11.4 Å². The first-order valence-corrected chi connectivity index (χ1v) is 2.72. The lowest BCUT2D eigenvalue weighted by atomic mass is 10.8. The van der Waals surface area contributed by atoms with Gasteiger partial charge in [-0.3, -0.25) is 5.73 Å². The fourth-order valence-corrected chi connectivity index (χ4v) is 0.352. The molecular formula is C4H8NS. The normalized spacial score (nSPS) is 10.8. The maximum Gasteiger partial charge on any atom is 0.0573 e. The van der Waals surface area contributed by atoms with Gasteiger partial charge < -0.3 is 0 Å². The Kier molecular flexibility index (Phi) is 4.85. The lowest BCUT2D eigenvalue weighted by Gasteiger charge is -1.71. The Labute approximate surface area is 41.8 Å². The summed E-state index contributed by atoms with van der Waals surface area (Å²) in [6.45, 7) is 3.50. The van der Waals surface area contributed by atoms with Crippen LogP contribution in [0.3, 0.4) is 0 Å². The second-order valence-electron chi connectivity index (χ2n) is 0.758. The molecule has 0 bridgehead atoms. The topological polar surface area (TPSA) is 26.0 Å². The largest absolute Gasteiger partial charge is 0.296 e. The van der Waals surface area contributed by atoms with Gasteiger partial charge in [0.05, 0.1) is 5.49 Å². The number of rotatable bonds is 2. The molecule has 6 heavy (non-hydrogen) atoms. The fourth-order valence-electron chi connectivity index (χ4n) is 0.117. The van der Waals surface area contributed by atoms with Crippen molar-refractivity contribution in [2.75, 3.05) is 5.75 Å². The maximum absolute atomic E-state index is 4.90. The highest BCUT2D eigenvalue weighted by Crippen LogP contribution is 1.77. The minimum absolute atomic E-state index is 0.913. The highest BCUT2D eigenvalue weighted by Gasteiger charge is 1.57. The van der Waals surface area contributed by atoms with Crippen LogP contribution < -0.4 is 5.73 Å². The zero-order valence-electron chi connectivity index (χ0n) is 3.52. The molecule has 0 unspecified atom stereocenters. The zero-order valence-corrected chi connectivity index (χ0v) is 4.41. The molecule has 1 radical (unpaired) electrons. The van der Waals surface area contributed by atoms with E-state index in [1.54, 1.807) is 6.08 Å². The van der Waals surface area contributed by atoms with Crippen LogP contribution in [-0.2, 0) is 0 Å². The zero-order chi connectivity index (χ0) is 4.83. The van der Waals surface area contributed by atoms with Crippen LogP contribution in [0.25, 0.3) is 0 Å². The Bertz CT molecular complexity index is 58.6. The molecule has 0 aliphatic carbocycles. The standard InChI is InChI=1S/C4H8NS/c1-2-3-6-4-5/h2,6H,1,3,5H2. The van der Waals surface area contributed by atoms with E-state index >= 15 is 0 Å². The van der Waals surface area contributed by atoms with Gasteiger partial charge in [-0.25, -0.2) is 0 Å². The first-order valence-electron chi connectivity index (χ1n) is 1.65. The predicted octanol–water partition coefficient (Wildman–Crippen LogP) is 0.233. The molecule has 35 valence electrons. The number of thiol groups is 1. The van der Waals surface area contributed by atoms with Crippen LogP contribution in [0.4, 0.5) is 0 Å². The van der Waals surface area contributed by atoms with E-state index in [1.165, 1.54) is 0 Å². The molecule has 0 saturated carbocycles. The lowest BCUT2D eigenvalue weighted by molar-refractivity contribution is 1.84. The van der Waals surface area contributed by atoms with E-state index in [4.69, 9.17) is 5.73 Å². The van der Waals surface area contributed by atoms with E-state index in [9.17, 15) is 0 Å². The highest BCUT2D eigenvalue weighted by atomic mass is 32.1. The summed E-state index contributed by atoms with van der Waals surface area (Å²) in [6, 6.07) is 0. The molecule has 0 aromatic carbocycles. The van der Waals surface area contributed by atoms with Crippen molar-refractivity contribution in [3.63, 3.8) is 0 Å². The Morgan fingerprint density at radius 1 is 2.00 bits per heavy atom. The van der Waals surface area contributed by atoms with Crippen molar-refractivity contribution in [1.29, 1.82) is 0 Å². The van der Waals surface area contributed by atoms with Gasteiger partial charge in [-0.15, -0.1) is 6.58 Å². The van der Waals surface area contributed by atoms with Crippen LogP contribution in [0.15, 0.2) is 12.7 Å². The highest BCUT2D eigenvalue weighted by molar-refractivity contribution is 7.97. The summed E-state index contributed by atoms with van der Waals surface area (Å²) in [5, 5.41) is 0. The van der Waals surface area contributed by atoms with Gasteiger partial charge >= 0.3 is 0 Å². The molecule has 0 saturated heterocycles. The summed E-state index contributed by atoms with van der Waals surface area (Å²) in [5.74, 6) is 0.913. The Morgan fingerprint density at radius 3 is 2.83 bits per heavy atom. The van der Waals surface area contributed by atoms with E-state index in [0.717, 1.165) is 17.1 Å². The summed E-state index contributed by atoms with van der Waals surface area (Å²) in [6.07, 6.45) is 1.81. The maximum atomic E-state index is 4.90. The molecule has 1 nitrogen and oxygen atoms in total. The predicted molar refractivity (Wildman–Crippen MR) is 33.2 cm³/mol. The summed E-state index contributed by atoms with van der Waals surface area (Å²) in [7, 11) is 0. The summed E-state index contributed by atoms with van der Waals surface area (Å²) in [5.41, 5.74) is 7.37. The van der Waals surface area contributed by atoms with Gasteiger partial charge in [-0.1, -0.05) is 6.08 Å². The number of hydrogen-bond donors (Lipinski definition) is 2. The minimum atomic E-state index is 0.913. The molecule has 2 N–H and O–H groups in total. The van der Waals surface area contributed by atoms with Crippen LogP contribution in [0.1, 0.15) is 0 Å². The quantitative estimate of drug-likeness (QED) is 0.222. The van der Waals surface area contributed by atoms with E-state index < -0.39 is 0 Å². The fraction of sp³-hybridized carbons (Fsp3) is 0.250. The summed E-state index contributed by atoms with van der Waals surface area (Å²) < 4.78 is 0. The van der Waals surface area contributed by atoms with Crippen LogP contribution in [0.2, 0.25) is 0 Å². The van der Waals surface area contributed by atoms with E-state index in [2.05, 4.69) is 12.1 Å². The van der Waals surface area contributed by atoms with Crippen LogP contribution in [-0.4, -0.2) is 11.2 Å². The third-order valence-electron chi connectivity index (χ3n) is 0.312. The van der Waals surface area contributed by atoms with E-state index in [1.807, 2.05) is 0 Å². The van der Waals surface area contributed by atoms with Gasteiger partial charge in [0, 0.05) is 5.75 Å². The SMILES string of the molecule is C=CC[SH]=[C]N. The average molecular weight is 102 g/mol. The van der Waals surface area contributed by atoms with Crippen LogP contribution in [0.5, 0.6) is 0 Å². The molecule has 0 aliphatic heterocycles. The second kappa shape index (κ2) is 4.92. The molecule has 2 heteroatoms. The van der Waals surface area contributed by atoms with Crippen molar-refractivity contribution in [2.45, 2.75) is 0 Å². The number of nitrogens with two attached hydrogens (primary N) is 1. The molecule has 0 aromatic rings. The molecule has 0 atom stereocenters. The lowest BCUT2D eigenvalue weighted by Crippen LogP contribution is -1.83. The van der Waals surface area contributed by atoms with Crippen molar-refractivity contribution >= 4 is 16.8 Å². The van der Waals surface area contributed by atoms with Crippen molar-refractivity contribution in [3.05, 3.63) is 12.7 Å². The van der Waals surface area contributed by atoms with Crippen LogP contribution in [0, 0.1) is 0 Å². The van der Waals surface area contributed by atoms with Crippen LogP contribution >= 0.6 is 11.4 Å². The molecule has 0 spiro atoms. The molecule has 0 aliphatic rings. The van der Waals surface area contributed by atoms with Gasteiger partial charge in [-0.05, 0) is 0 Å². The molecule has 0 heterocycles. The van der Waals surface area contributed by atoms with Crippen molar-refractivity contribution in [2.24, 2.45) is 5.73 Å². The first-order chi connectivity index (χ1) is 2.91. The Balaban J connectivity index is 2.85. The van der Waals surface area contributed by atoms with Crippen molar-refractivity contribution in [1.82, 2.24) is 0 Å². The third-order valence-corrected chi connectivity index (χ3v) is 0.935. The minimum Gasteiger partial charge on any atom is -0.296 e. The van der Waals surface area contributed by atoms with Gasteiger partial charge in [0.15, 0.2) is 0 Å². The van der Waals surface area contributed by atoms with E-state index in [0.29, 0.717) is 0 Å². The monoisotopic (exact) mass is 102 g/mol. The number of hydrogen-bond acceptors (Lipinski definition) is 0. The van der Waals surface area contributed by atoms with Gasteiger partial charge in [0.25, 0.3) is 0 Å². The molecule has 0 aromatic heterocycles. The first kappa shape index (κ1) is 5.92. The van der Waals surface area contributed by atoms with Gasteiger partial charge in [0.2, 0.25) is 0 Å². The molecule has 0 fully saturated rings. The summed E-state index contributed by atoms with van der Waals surface area (Å²) >= 11 is 1.02. The smallest absolute Gasteiger partial charge is 0.0573 e. The Hall–Kier alpha value is -0.0800. The molecular weight excluding hydrogens is 94.1 g/mol. The average Bonchev–Trinajstić information content (AvgIpc) is 1.61. The second-order valence-corrected chi connectivity index (χ2v) is 1.70.